The first-order valence-electron chi connectivity index (χ1n) is 8.98. The van der Waals surface area contributed by atoms with E-state index in [1.165, 1.54) is 0 Å². The molecule has 1 N–H and O–H groups in total. The Kier molecular flexibility index (Phi) is 6.00. The van der Waals surface area contributed by atoms with Crippen LogP contribution in [0.4, 0.5) is 0 Å². The van der Waals surface area contributed by atoms with Crippen LogP contribution in [-0.2, 0) is 15.9 Å². The topological polar surface area (TPSA) is 39.7 Å². The Balaban J connectivity index is 2.17. The Morgan fingerprint density at radius 3 is 2.29 bits per heavy atom. The van der Waals surface area contributed by atoms with Gasteiger partial charge in [0.1, 0.15) is 5.75 Å². The average molecular weight is 333 g/mol. The van der Waals surface area contributed by atoms with Gasteiger partial charge in [-0.3, -0.25) is 0 Å². The summed E-state index contributed by atoms with van der Waals surface area (Å²) in [6, 6.07) is 6.24. The normalized spacial score (nSPS) is 19.1. The van der Waals surface area contributed by atoms with Gasteiger partial charge in [-0.05, 0) is 58.6 Å². The third kappa shape index (κ3) is 4.32. The quantitative estimate of drug-likeness (QED) is 0.778. The van der Waals surface area contributed by atoms with Crippen molar-refractivity contribution in [3.63, 3.8) is 0 Å². The van der Waals surface area contributed by atoms with Gasteiger partial charge in [0.05, 0.1) is 17.8 Å². The number of hydrogen-bond acceptors (Lipinski definition) is 4. The van der Waals surface area contributed by atoms with Crippen LogP contribution >= 0.6 is 0 Å². The van der Waals surface area contributed by atoms with E-state index >= 15 is 0 Å². The fourth-order valence-electron chi connectivity index (χ4n) is 2.63. The predicted molar refractivity (Wildman–Crippen MR) is 99.9 cm³/mol. The molecule has 0 aromatic heterocycles. The van der Waals surface area contributed by atoms with E-state index in [4.69, 9.17) is 14.0 Å². The Morgan fingerprint density at radius 1 is 1.12 bits per heavy atom. The fourth-order valence-corrected chi connectivity index (χ4v) is 2.63. The van der Waals surface area contributed by atoms with Gasteiger partial charge in [-0.1, -0.05) is 26.0 Å². The minimum Gasteiger partial charge on any atom is -0.494 e. The summed E-state index contributed by atoms with van der Waals surface area (Å²) in [5.74, 6) is 1.53. The van der Waals surface area contributed by atoms with Crippen LogP contribution in [0.5, 0.6) is 5.75 Å². The van der Waals surface area contributed by atoms with E-state index in [-0.39, 0.29) is 18.3 Å². The minimum atomic E-state index is -0.355. The smallest absolute Gasteiger partial charge is 0.494 e. The number of ether oxygens (including phenoxy) is 1. The van der Waals surface area contributed by atoms with Crippen LogP contribution < -0.4 is 15.5 Å². The summed E-state index contributed by atoms with van der Waals surface area (Å²) in [6.45, 7) is 17.1. The van der Waals surface area contributed by atoms with E-state index in [9.17, 15) is 0 Å². The first kappa shape index (κ1) is 19.3. The van der Waals surface area contributed by atoms with Gasteiger partial charge in [-0.25, -0.2) is 0 Å². The van der Waals surface area contributed by atoms with E-state index in [0.29, 0.717) is 12.5 Å². The summed E-state index contributed by atoms with van der Waals surface area (Å²) in [5, 5.41) is 3.47. The van der Waals surface area contributed by atoms with Crippen molar-refractivity contribution in [1.82, 2.24) is 5.32 Å². The van der Waals surface area contributed by atoms with Gasteiger partial charge in [0.15, 0.2) is 0 Å². The zero-order chi connectivity index (χ0) is 18.0. The molecule has 24 heavy (non-hydrogen) atoms. The van der Waals surface area contributed by atoms with Crippen molar-refractivity contribution in [3.8, 4) is 5.75 Å². The highest BCUT2D eigenvalue weighted by atomic mass is 16.7. The molecule has 1 fully saturated rings. The summed E-state index contributed by atoms with van der Waals surface area (Å²) in [5.41, 5.74) is 1.50. The molecule has 1 aliphatic heterocycles. The fraction of sp³-hybridized carbons (Fsp3) is 0.684. The molecule has 1 saturated heterocycles. The summed E-state index contributed by atoms with van der Waals surface area (Å²) in [7, 11) is -0.355. The summed E-state index contributed by atoms with van der Waals surface area (Å²) in [4.78, 5) is 0. The van der Waals surface area contributed by atoms with Crippen LogP contribution in [-0.4, -0.2) is 31.5 Å². The molecule has 2 rings (SSSR count). The second-order valence-electron chi connectivity index (χ2n) is 7.91. The Hall–Kier alpha value is -1.04. The molecular weight excluding hydrogens is 301 g/mol. The Morgan fingerprint density at radius 2 is 1.75 bits per heavy atom. The molecule has 134 valence electrons. The highest BCUT2D eigenvalue weighted by Crippen LogP contribution is 2.36. The molecule has 0 amide bonds. The van der Waals surface area contributed by atoms with Gasteiger partial charge in [-0.2, -0.15) is 0 Å². The van der Waals surface area contributed by atoms with Crippen LogP contribution in [0.1, 0.15) is 54.0 Å². The second-order valence-corrected chi connectivity index (χ2v) is 7.91. The maximum Gasteiger partial charge on any atom is 0.494 e. The third-order valence-corrected chi connectivity index (χ3v) is 4.78. The lowest BCUT2D eigenvalue weighted by atomic mass is 9.78. The molecule has 0 saturated carbocycles. The van der Waals surface area contributed by atoms with Crippen LogP contribution in [0, 0.1) is 5.92 Å². The molecule has 1 heterocycles. The van der Waals surface area contributed by atoms with Gasteiger partial charge in [-0.15, -0.1) is 0 Å². The number of benzene rings is 1. The molecule has 0 radical (unpaired) electrons. The molecule has 0 bridgehead atoms. The van der Waals surface area contributed by atoms with Crippen molar-refractivity contribution in [1.29, 1.82) is 0 Å². The molecule has 4 nitrogen and oxygen atoms in total. The van der Waals surface area contributed by atoms with Crippen molar-refractivity contribution in [3.05, 3.63) is 23.8 Å². The maximum atomic E-state index is 6.14. The maximum absolute atomic E-state index is 6.14. The minimum absolute atomic E-state index is 0.332. The number of nitrogens with one attached hydrogen (secondary N) is 1. The van der Waals surface area contributed by atoms with E-state index < -0.39 is 0 Å². The molecule has 1 aromatic rings. The summed E-state index contributed by atoms with van der Waals surface area (Å²) in [6.07, 6.45) is 0. The second kappa shape index (κ2) is 7.46. The highest BCUT2D eigenvalue weighted by Gasteiger charge is 2.51. The number of hydrogen-bond donors (Lipinski definition) is 1. The first-order valence-corrected chi connectivity index (χ1v) is 8.98. The highest BCUT2D eigenvalue weighted by molar-refractivity contribution is 6.62. The van der Waals surface area contributed by atoms with Gasteiger partial charge in [0.2, 0.25) is 0 Å². The lowest BCUT2D eigenvalue weighted by molar-refractivity contribution is 0.00578. The predicted octanol–water partition coefficient (Wildman–Crippen LogP) is 3.13. The lowest BCUT2D eigenvalue weighted by Crippen LogP contribution is -2.41. The SMILES string of the molecule is CCOc1cc(B2OC(C)(C)C(C)(C)O2)ccc1CNCC(C)C. The van der Waals surface area contributed by atoms with Gasteiger partial charge in [0, 0.05) is 12.1 Å². The lowest BCUT2D eigenvalue weighted by Gasteiger charge is -2.32. The molecule has 0 aliphatic carbocycles. The number of rotatable bonds is 7. The van der Waals surface area contributed by atoms with Crippen LogP contribution in [0.3, 0.4) is 0 Å². The standard InChI is InChI=1S/C19H32BNO3/c1-8-22-17-11-16(10-9-15(17)13-21-12-14(2)3)20-23-18(4,5)19(6,7)24-20/h9-11,14,21H,8,12-13H2,1-7H3. The van der Waals surface area contributed by atoms with E-state index in [1.807, 2.05) is 6.92 Å². The molecule has 0 atom stereocenters. The Labute approximate surface area is 147 Å². The molecule has 1 aromatic carbocycles. The van der Waals surface area contributed by atoms with Crippen molar-refractivity contribution >= 4 is 12.6 Å². The van der Waals surface area contributed by atoms with Crippen molar-refractivity contribution in [2.75, 3.05) is 13.2 Å². The van der Waals surface area contributed by atoms with Gasteiger partial charge < -0.3 is 19.4 Å². The molecule has 1 aliphatic rings. The monoisotopic (exact) mass is 333 g/mol. The van der Waals surface area contributed by atoms with Crippen molar-refractivity contribution in [2.24, 2.45) is 5.92 Å². The van der Waals surface area contributed by atoms with Crippen molar-refractivity contribution in [2.45, 2.75) is 66.2 Å². The first-order chi connectivity index (χ1) is 11.2. The van der Waals surface area contributed by atoms with Gasteiger partial charge in [0.25, 0.3) is 0 Å². The van der Waals surface area contributed by atoms with E-state index in [2.05, 4.69) is 65.1 Å². The van der Waals surface area contributed by atoms with Crippen LogP contribution in [0.15, 0.2) is 18.2 Å². The zero-order valence-corrected chi connectivity index (χ0v) is 16.2. The van der Waals surface area contributed by atoms with Crippen LogP contribution in [0.25, 0.3) is 0 Å². The van der Waals surface area contributed by atoms with Crippen LogP contribution in [0.2, 0.25) is 0 Å². The van der Waals surface area contributed by atoms with E-state index in [0.717, 1.165) is 29.9 Å². The summed E-state index contributed by atoms with van der Waals surface area (Å²) < 4.78 is 18.1. The molecular formula is C19H32BNO3. The summed E-state index contributed by atoms with van der Waals surface area (Å²) >= 11 is 0. The largest absolute Gasteiger partial charge is 0.494 e. The van der Waals surface area contributed by atoms with Crippen molar-refractivity contribution < 1.29 is 14.0 Å². The van der Waals surface area contributed by atoms with Gasteiger partial charge >= 0.3 is 7.12 Å². The average Bonchev–Trinajstić information content (AvgIpc) is 2.69. The molecule has 0 spiro atoms. The zero-order valence-electron chi connectivity index (χ0n) is 16.2. The molecule has 0 unspecified atom stereocenters. The van der Waals surface area contributed by atoms with E-state index in [1.54, 1.807) is 0 Å². The molecule has 5 heteroatoms. The Bertz CT molecular complexity index is 542. The third-order valence-electron chi connectivity index (χ3n) is 4.78.